The zero-order chi connectivity index (χ0) is 22.4. The van der Waals surface area contributed by atoms with Crippen LogP contribution in [0.5, 0.6) is 0 Å². The van der Waals surface area contributed by atoms with Crippen LogP contribution in [0, 0.1) is 23.7 Å². The zero-order valence-electron chi connectivity index (χ0n) is 16.3. The number of sulfonamides is 1. The molecule has 10 nitrogen and oxygen atoms in total. The fourth-order valence-corrected chi connectivity index (χ4v) is 5.00. The fourth-order valence-electron chi connectivity index (χ4n) is 3.21. The monoisotopic (exact) mass is 459 g/mol. The molecule has 12 heteroatoms. The lowest BCUT2D eigenvalue weighted by atomic mass is 10.1. The topological polar surface area (TPSA) is 155 Å². The van der Waals surface area contributed by atoms with Crippen molar-refractivity contribution in [2.24, 2.45) is 5.41 Å². The van der Waals surface area contributed by atoms with Gasteiger partial charge in [-0.15, -0.1) is 11.3 Å². The predicted octanol–water partition coefficient (Wildman–Crippen LogP) is 1.00. The van der Waals surface area contributed by atoms with Crippen LogP contribution in [0.15, 0.2) is 38.9 Å². The van der Waals surface area contributed by atoms with Gasteiger partial charge in [-0.2, -0.15) is 5.26 Å². The molecule has 1 aliphatic rings. The summed E-state index contributed by atoms with van der Waals surface area (Å²) in [6.45, 7) is 1.80. The summed E-state index contributed by atoms with van der Waals surface area (Å²) in [5.41, 5.74) is -1.89. The summed E-state index contributed by atoms with van der Waals surface area (Å²) in [6.07, 6.45) is 2.48. The Morgan fingerprint density at radius 3 is 2.74 bits per heavy atom. The maximum Gasteiger partial charge on any atom is 0.329 e. The van der Waals surface area contributed by atoms with Crippen LogP contribution in [0.25, 0.3) is 10.9 Å². The Kier molecular flexibility index (Phi) is 5.03. The van der Waals surface area contributed by atoms with Crippen molar-refractivity contribution in [2.45, 2.75) is 37.6 Å². The molecule has 0 unspecified atom stereocenters. The Balaban J connectivity index is 1.68. The van der Waals surface area contributed by atoms with E-state index in [-0.39, 0.29) is 28.8 Å². The van der Waals surface area contributed by atoms with Gasteiger partial charge in [0, 0.05) is 17.5 Å². The Labute approximate surface area is 180 Å². The summed E-state index contributed by atoms with van der Waals surface area (Å²) in [7, 11) is -4.26. The molecule has 1 saturated carbocycles. The number of aryl methyl sites for hydroxylation is 1. The first-order valence-electron chi connectivity index (χ1n) is 9.28. The Bertz CT molecular complexity index is 1470. The number of hydrogen-bond acceptors (Lipinski definition) is 8. The van der Waals surface area contributed by atoms with Gasteiger partial charge in [-0.05, 0) is 38.0 Å². The molecular formula is C19H17N5O5S2. The summed E-state index contributed by atoms with van der Waals surface area (Å²) >= 11 is 1.34. The van der Waals surface area contributed by atoms with E-state index in [9.17, 15) is 22.8 Å². The summed E-state index contributed by atoms with van der Waals surface area (Å²) in [6, 6.07) is 5.65. The van der Waals surface area contributed by atoms with Gasteiger partial charge in [0.1, 0.15) is 0 Å². The SMILES string of the molecule is Cc1ncc(Cn2c(=O)[nH]c3ccc(S(=O)(=O)NC(=O)CC4(C#N)CC4)cc3c2=O)s1. The number of rotatable bonds is 6. The van der Waals surface area contributed by atoms with Gasteiger partial charge in [0.15, 0.2) is 0 Å². The summed E-state index contributed by atoms with van der Waals surface area (Å²) in [5, 5.41) is 9.85. The predicted molar refractivity (Wildman–Crippen MR) is 112 cm³/mol. The number of aromatic amines is 1. The zero-order valence-corrected chi connectivity index (χ0v) is 18.0. The van der Waals surface area contributed by atoms with E-state index in [1.165, 1.54) is 23.5 Å². The molecule has 0 atom stereocenters. The van der Waals surface area contributed by atoms with Crippen molar-refractivity contribution >= 4 is 38.2 Å². The Morgan fingerprint density at radius 2 is 2.13 bits per heavy atom. The molecule has 0 radical (unpaired) electrons. The minimum absolute atomic E-state index is 0.000427. The minimum atomic E-state index is -4.26. The molecule has 1 aromatic carbocycles. The van der Waals surface area contributed by atoms with Gasteiger partial charge < -0.3 is 4.98 Å². The smallest absolute Gasteiger partial charge is 0.307 e. The van der Waals surface area contributed by atoms with Gasteiger partial charge in [-0.1, -0.05) is 0 Å². The summed E-state index contributed by atoms with van der Waals surface area (Å²) in [5.74, 6) is -0.779. The van der Waals surface area contributed by atoms with Crippen LogP contribution < -0.4 is 16.0 Å². The van der Waals surface area contributed by atoms with E-state index in [4.69, 9.17) is 5.26 Å². The van der Waals surface area contributed by atoms with Crippen molar-refractivity contribution in [1.29, 1.82) is 5.26 Å². The number of nitriles is 1. The van der Waals surface area contributed by atoms with Crippen LogP contribution >= 0.6 is 11.3 Å². The van der Waals surface area contributed by atoms with Crippen LogP contribution in [0.3, 0.4) is 0 Å². The van der Waals surface area contributed by atoms with E-state index in [1.54, 1.807) is 13.1 Å². The van der Waals surface area contributed by atoms with Crippen molar-refractivity contribution in [3.8, 4) is 6.07 Å². The molecule has 31 heavy (non-hydrogen) atoms. The molecule has 4 rings (SSSR count). The quantitative estimate of drug-likeness (QED) is 0.557. The largest absolute Gasteiger partial charge is 0.329 e. The van der Waals surface area contributed by atoms with Crippen molar-refractivity contribution in [3.05, 3.63) is 55.1 Å². The second-order valence-corrected chi connectivity index (χ2v) is 10.5. The number of H-pyrrole nitrogens is 1. The standard InChI is InChI=1S/C19H17N5O5S2/c1-11-21-8-12(30-11)9-24-17(26)14-6-13(2-3-15(14)22-18(24)27)31(28,29)23-16(25)7-19(10-20)4-5-19/h2-3,6,8H,4-5,7,9H2,1H3,(H,22,27)(H,23,25). The number of nitrogens with one attached hydrogen (secondary N) is 2. The fraction of sp³-hybridized carbons (Fsp3) is 0.316. The first-order valence-corrected chi connectivity index (χ1v) is 11.6. The van der Waals surface area contributed by atoms with Gasteiger partial charge in [0.2, 0.25) is 5.91 Å². The van der Waals surface area contributed by atoms with Gasteiger partial charge in [-0.25, -0.2) is 22.9 Å². The molecule has 0 spiro atoms. The first kappa shape index (κ1) is 21.0. The average Bonchev–Trinajstić information content (AvgIpc) is 3.35. The summed E-state index contributed by atoms with van der Waals surface area (Å²) in [4.78, 5) is 44.4. The number of thiazole rings is 1. The maximum atomic E-state index is 12.9. The number of carbonyl (C=O) groups is 1. The number of aromatic nitrogens is 3. The number of benzene rings is 1. The van der Waals surface area contributed by atoms with Crippen molar-refractivity contribution in [3.63, 3.8) is 0 Å². The molecule has 3 aromatic rings. The van der Waals surface area contributed by atoms with Gasteiger partial charge in [0.05, 0.1) is 38.8 Å². The van der Waals surface area contributed by atoms with E-state index in [2.05, 4.69) is 9.97 Å². The first-order chi connectivity index (χ1) is 14.6. The highest BCUT2D eigenvalue weighted by molar-refractivity contribution is 7.90. The molecule has 1 fully saturated rings. The lowest BCUT2D eigenvalue weighted by Crippen LogP contribution is -2.35. The van der Waals surface area contributed by atoms with E-state index >= 15 is 0 Å². The Morgan fingerprint density at radius 1 is 1.39 bits per heavy atom. The van der Waals surface area contributed by atoms with Crippen molar-refractivity contribution in [2.75, 3.05) is 0 Å². The normalized spacial score (nSPS) is 14.8. The Hall–Kier alpha value is -3.30. The van der Waals surface area contributed by atoms with Crippen LogP contribution in [-0.4, -0.2) is 28.9 Å². The number of hydrogen-bond donors (Lipinski definition) is 2. The van der Waals surface area contributed by atoms with E-state index in [0.29, 0.717) is 17.7 Å². The number of nitrogens with zero attached hydrogens (tertiary/aromatic N) is 3. The summed E-state index contributed by atoms with van der Waals surface area (Å²) < 4.78 is 28.2. The lowest BCUT2D eigenvalue weighted by molar-refractivity contribution is -0.120. The van der Waals surface area contributed by atoms with Crippen LogP contribution in [0.2, 0.25) is 0 Å². The number of carbonyl (C=O) groups excluding carboxylic acids is 1. The molecule has 0 aliphatic heterocycles. The van der Waals surface area contributed by atoms with Gasteiger partial charge in [-0.3, -0.25) is 14.2 Å². The highest BCUT2D eigenvalue weighted by atomic mass is 32.2. The minimum Gasteiger partial charge on any atom is -0.307 e. The van der Waals surface area contributed by atoms with Gasteiger partial charge >= 0.3 is 5.69 Å². The second kappa shape index (κ2) is 7.44. The molecule has 1 amide bonds. The molecule has 160 valence electrons. The van der Waals surface area contributed by atoms with Crippen LogP contribution in [-0.2, 0) is 21.4 Å². The van der Waals surface area contributed by atoms with Crippen LogP contribution in [0.4, 0.5) is 0 Å². The third kappa shape index (κ3) is 4.14. The van der Waals surface area contributed by atoms with Crippen molar-refractivity contribution in [1.82, 2.24) is 19.3 Å². The third-order valence-electron chi connectivity index (χ3n) is 5.08. The molecule has 1 aliphatic carbocycles. The van der Waals surface area contributed by atoms with E-state index in [0.717, 1.165) is 15.6 Å². The molecular weight excluding hydrogens is 442 g/mol. The van der Waals surface area contributed by atoms with Gasteiger partial charge in [0.25, 0.3) is 15.6 Å². The molecule has 0 saturated heterocycles. The maximum absolute atomic E-state index is 12.9. The number of amides is 1. The van der Waals surface area contributed by atoms with Crippen LogP contribution in [0.1, 0.15) is 29.1 Å². The molecule has 2 N–H and O–H groups in total. The molecule has 2 aromatic heterocycles. The second-order valence-electron chi connectivity index (χ2n) is 7.47. The average molecular weight is 460 g/mol. The number of fused-ring (bicyclic) bond motifs is 1. The van der Waals surface area contributed by atoms with E-state index < -0.39 is 32.6 Å². The lowest BCUT2D eigenvalue weighted by Gasteiger charge is -2.10. The third-order valence-corrected chi connectivity index (χ3v) is 7.35. The van der Waals surface area contributed by atoms with E-state index in [1.807, 2.05) is 10.8 Å². The molecule has 0 bridgehead atoms. The molecule has 2 heterocycles. The highest BCUT2D eigenvalue weighted by Crippen LogP contribution is 2.48. The highest BCUT2D eigenvalue weighted by Gasteiger charge is 2.45. The van der Waals surface area contributed by atoms with Crippen molar-refractivity contribution < 1.29 is 13.2 Å².